The van der Waals surface area contributed by atoms with Crippen molar-refractivity contribution in [2.45, 2.75) is 31.7 Å². The molecule has 0 saturated heterocycles. The number of anilines is 1. The normalized spacial score (nSPS) is 17.3. The Kier molecular flexibility index (Phi) is 2.70. The summed E-state index contributed by atoms with van der Waals surface area (Å²) in [5.41, 5.74) is 0.761. The van der Waals surface area contributed by atoms with Crippen LogP contribution in [0.4, 0.5) is 5.82 Å². The van der Waals surface area contributed by atoms with Crippen molar-refractivity contribution in [1.29, 1.82) is 0 Å². The van der Waals surface area contributed by atoms with Crippen LogP contribution in [-0.4, -0.2) is 38.5 Å². The molecule has 0 aliphatic heterocycles. The van der Waals surface area contributed by atoms with Crippen molar-refractivity contribution >= 4 is 17.2 Å². The van der Waals surface area contributed by atoms with E-state index in [1.807, 2.05) is 17.6 Å². The Morgan fingerprint density at radius 1 is 1.39 bits per heavy atom. The zero-order chi connectivity index (χ0) is 12.5. The van der Waals surface area contributed by atoms with E-state index in [0.717, 1.165) is 24.3 Å². The summed E-state index contributed by atoms with van der Waals surface area (Å²) in [7, 11) is 2.01. The lowest BCUT2D eigenvalue weighted by atomic mass is 9.93. The summed E-state index contributed by atoms with van der Waals surface area (Å²) in [4.78, 5) is 17.8. The standard InChI is InChI=1S/C12H15N5O/c1-16(9-2-4-10(18)5-3-9)11-12-15-14-8-17(12)7-6-13-11/h6-9H,2-5H2,1H3. The molecule has 0 radical (unpaired) electrons. The smallest absolute Gasteiger partial charge is 0.203 e. The van der Waals surface area contributed by atoms with Gasteiger partial charge in [-0.2, -0.15) is 0 Å². The number of hydrogen-bond donors (Lipinski definition) is 0. The minimum absolute atomic E-state index is 0.359. The fourth-order valence-electron chi connectivity index (χ4n) is 2.48. The third-order valence-electron chi connectivity index (χ3n) is 3.59. The Morgan fingerprint density at radius 2 is 2.17 bits per heavy atom. The highest BCUT2D eigenvalue weighted by Gasteiger charge is 2.24. The lowest BCUT2D eigenvalue weighted by molar-refractivity contribution is -0.120. The molecule has 0 aromatic carbocycles. The molecule has 94 valence electrons. The first kappa shape index (κ1) is 11.1. The van der Waals surface area contributed by atoms with Crippen molar-refractivity contribution in [1.82, 2.24) is 19.6 Å². The maximum absolute atomic E-state index is 11.3. The number of carbonyl (C=O) groups is 1. The van der Waals surface area contributed by atoms with Crippen LogP contribution in [0.15, 0.2) is 18.7 Å². The topological polar surface area (TPSA) is 63.4 Å². The lowest BCUT2D eigenvalue weighted by Gasteiger charge is -2.31. The van der Waals surface area contributed by atoms with Crippen molar-refractivity contribution in [2.75, 3.05) is 11.9 Å². The van der Waals surface area contributed by atoms with E-state index in [4.69, 9.17) is 0 Å². The maximum Gasteiger partial charge on any atom is 0.203 e. The fourth-order valence-corrected chi connectivity index (χ4v) is 2.48. The Balaban J connectivity index is 1.89. The molecule has 3 rings (SSSR count). The van der Waals surface area contributed by atoms with Gasteiger partial charge in [-0.05, 0) is 12.8 Å². The minimum atomic E-state index is 0.359. The Bertz CT molecular complexity index is 569. The molecular weight excluding hydrogens is 230 g/mol. The highest BCUT2D eigenvalue weighted by atomic mass is 16.1. The van der Waals surface area contributed by atoms with Crippen molar-refractivity contribution in [2.24, 2.45) is 0 Å². The quantitative estimate of drug-likeness (QED) is 0.792. The molecule has 0 atom stereocenters. The number of aromatic nitrogens is 4. The van der Waals surface area contributed by atoms with Gasteiger partial charge in [-0.15, -0.1) is 10.2 Å². The molecule has 0 bridgehead atoms. The van der Waals surface area contributed by atoms with Gasteiger partial charge in [0.05, 0.1) is 0 Å². The molecular formula is C12H15N5O. The van der Waals surface area contributed by atoms with Crippen LogP contribution in [0.25, 0.3) is 5.65 Å². The van der Waals surface area contributed by atoms with Gasteiger partial charge in [0.1, 0.15) is 12.1 Å². The van der Waals surface area contributed by atoms with Crippen LogP contribution in [-0.2, 0) is 4.79 Å². The molecule has 6 heteroatoms. The number of carbonyl (C=O) groups excluding carboxylic acids is 1. The van der Waals surface area contributed by atoms with Crippen molar-refractivity contribution in [3.05, 3.63) is 18.7 Å². The van der Waals surface area contributed by atoms with Crippen LogP contribution in [0.2, 0.25) is 0 Å². The number of hydrogen-bond acceptors (Lipinski definition) is 5. The summed E-state index contributed by atoms with van der Waals surface area (Å²) in [5.74, 6) is 1.20. The predicted molar refractivity (Wildman–Crippen MR) is 66.4 cm³/mol. The zero-order valence-electron chi connectivity index (χ0n) is 10.3. The molecule has 1 aliphatic rings. The van der Waals surface area contributed by atoms with Crippen molar-refractivity contribution in [3.63, 3.8) is 0 Å². The monoisotopic (exact) mass is 245 g/mol. The van der Waals surface area contributed by atoms with Crippen LogP contribution < -0.4 is 4.90 Å². The molecule has 0 spiro atoms. The summed E-state index contributed by atoms with van der Waals surface area (Å²) in [6, 6.07) is 0.359. The Labute approximate surface area is 105 Å². The van der Waals surface area contributed by atoms with Gasteiger partial charge in [-0.25, -0.2) is 4.98 Å². The van der Waals surface area contributed by atoms with E-state index < -0.39 is 0 Å². The van der Waals surface area contributed by atoms with Crippen LogP contribution in [0.5, 0.6) is 0 Å². The lowest BCUT2D eigenvalue weighted by Crippen LogP contribution is -2.36. The number of Topliss-reactive ketones (excluding diaryl/α,β-unsaturated/α-hetero) is 1. The van der Waals surface area contributed by atoms with Gasteiger partial charge < -0.3 is 4.90 Å². The van der Waals surface area contributed by atoms with E-state index in [9.17, 15) is 4.79 Å². The van der Waals surface area contributed by atoms with Gasteiger partial charge in [0.15, 0.2) is 5.82 Å². The maximum atomic E-state index is 11.3. The van der Waals surface area contributed by atoms with Crippen LogP contribution in [0.3, 0.4) is 0 Å². The predicted octanol–water partition coefficient (Wildman–Crippen LogP) is 1.07. The average Bonchev–Trinajstić information content (AvgIpc) is 2.87. The number of rotatable bonds is 2. The number of nitrogens with zero attached hydrogens (tertiary/aromatic N) is 5. The van der Waals surface area contributed by atoms with Gasteiger partial charge in [-0.1, -0.05) is 0 Å². The molecule has 1 fully saturated rings. The van der Waals surface area contributed by atoms with Crippen molar-refractivity contribution in [3.8, 4) is 0 Å². The van der Waals surface area contributed by atoms with E-state index in [0.29, 0.717) is 24.7 Å². The number of fused-ring (bicyclic) bond motifs is 1. The molecule has 6 nitrogen and oxygen atoms in total. The molecule has 0 amide bonds. The molecule has 0 unspecified atom stereocenters. The second kappa shape index (κ2) is 4.36. The third kappa shape index (κ3) is 1.83. The summed E-state index contributed by atoms with van der Waals surface area (Å²) in [5, 5.41) is 7.99. The van der Waals surface area contributed by atoms with E-state index >= 15 is 0 Å². The van der Waals surface area contributed by atoms with Crippen LogP contribution in [0, 0.1) is 0 Å². The SMILES string of the molecule is CN(c1nccn2cnnc12)C1CCC(=O)CC1. The summed E-state index contributed by atoms with van der Waals surface area (Å²) in [6.07, 6.45) is 8.38. The molecule has 2 aromatic heterocycles. The molecule has 2 heterocycles. The Morgan fingerprint density at radius 3 is 2.94 bits per heavy atom. The second-order valence-corrected chi connectivity index (χ2v) is 4.69. The van der Waals surface area contributed by atoms with Gasteiger partial charge in [0, 0.05) is 38.3 Å². The first-order valence-electron chi connectivity index (χ1n) is 6.14. The molecule has 1 saturated carbocycles. The second-order valence-electron chi connectivity index (χ2n) is 4.69. The molecule has 1 aliphatic carbocycles. The van der Waals surface area contributed by atoms with Crippen molar-refractivity contribution < 1.29 is 4.79 Å². The highest BCUT2D eigenvalue weighted by molar-refractivity contribution is 5.79. The minimum Gasteiger partial charge on any atom is -0.354 e. The van der Waals surface area contributed by atoms with E-state index in [1.54, 1.807) is 12.5 Å². The van der Waals surface area contributed by atoms with Gasteiger partial charge in [0.25, 0.3) is 0 Å². The van der Waals surface area contributed by atoms with Crippen LogP contribution >= 0.6 is 0 Å². The summed E-state index contributed by atoms with van der Waals surface area (Å²) < 4.78 is 1.85. The molecule has 18 heavy (non-hydrogen) atoms. The van der Waals surface area contributed by atoms with E-state index in [2.05, 4.69) is 20.1 Å². The Hall–Kier alpha value is -1.98. The first-order valence-corrected chi connectivity index (χ1v) is 6.14. The van der Waals surface area contributed by atoms with Crippen LogP contribution in [0.1, 0.15) is 25.7 Å². The number of ketones is 1. The van der Waals surface area contributed by atoms with E-state index in [-0.39, 0.29) is 0 Å². The fraction of sp³-hybridized carbons (Fsp3) is 0.500. The largest absolute Gasteiger partial charge is 0.354 e. The van der Waals surface area contributed by atoms with Gasteiger partial charge in [0.2, 0.25) is 5.65 Å². The molecule has 2 aromatic rings. The summed E-state index contributed by atoms with van der Waals surface area (Å²) >= 11 is 0. The molecule has 0 N–H and O–H groups in total. The highest BCUT2D eigenvalue weighted by Crippen LogP contribution is 2.25. The van der Waals surface area contributed by atoms with E-state index in [1.165, 1.54) is 0 Å². The van der Waals surface area contributed by atoms with Gasteiger partial charge >= 0.3 is 0 Å². The zero-order valence-corrected chi connectivity index (χ0v) is 10.3. The summed E-state index contributed by atoms with van der Waals surface area (Å²) in [6.45, 7) is 0. The average molecular weight is 245 g/mol. The first-order chi connectivity index (χ1) is 8.75. The third-order valence-corrected chi connectivity index (χ3v) is 3.59. The van der Waals surface area contributed by atoms with Gasteiger partial charge in [-0.3, -0.25) is 9.20 Å².